The van der Waals surface area contributed by atoms with Crippen molar-refractivity contribution in [2.75, 3.05) is 6.79 Å². The molecule has 0 amide bonds. The van der Waals surface area contributed by atoms with E-state index in [1.807, 2.05) is 66.7 Å². The van der Waals surface area contributed by atoms with Crippen molar-refractivity contribution in [3.63, 3.8) is 0 Å². The third-order valence-corrected chi connectivity index (χ3v) is 4.97. The van der Waals surface area contributed by atoms with Gasteiger partial charge in [-0.2, -0.15) is 19.9 Å². The fourth-order valence-electron chi connectivity index (χ4n) is 3.54. The van der Waals surface area contributed by atoms with Crippen molar-refractivity contribution in [3.05, 3.63) is 95.6 Å². The van der Waals surface area contributed by atoms with Gasteiger partial charge < -0.3 is 4.74 Å². The van der Waals surface area contributed by atoms with Gasteiger partial charge >= 0.3 is 5.79 Å². The maximum absolute atomic E-state index is 9.78. The van der Waals surface area contributed by atoms with Crippen molar-refractivity contribution in [2.24, 2.45) is 0 Å². The van der Waals surface area contributed by atoms with Gasteiger partial charge in [0.05, 0.1) is 0 Å². The molecule has 5 rings (SSSR count). The molecule has 2 heterocycles. The maximum Gasteiger partial charge on any atom is 0.318 e. The summed E-state index contributed by atoms with van der Waals surface area (Å²) in [6.07, 6.45) is -1.55. The summed E-state index contributed by atoms with van der Waals surface area (Å²) in [7, 11) is 0. The lowest BCUT2D eigenvalue weighted by molar-refractivity contribution is -0.320. The summed E-state index contributed by atoms with van der Waals surface area (Å²) in [5, 5.41) is 9.78. The van der Waals surface area contributed by atoms with E-state index in [1.165, 1.54) is 0 Å². The lowest BCUT2D eigenvalue weighted by Crippen LogP contribution is -2.24. The van der Waals surface area contributed by atoms with Gasteiger partial charge in [-0.25, -0.2) is 4.89 Å². The molecule has 3 aromatic rings. The topological polar surface area (TPSA) is 79.2 Å². The molecule has 3 unspecified atom stereocenters. The van der Waals surface area contributed by atoms with Crippen molar-refractivity contribution in [1.82, 2.24) is 0 Å². The largest absolute Gasteiger partial charge is 0.318 e. The zero-order valence-corrected chi connectivity index (χ0v) is 15.8. The molecule has 7 nitrogen and oxygen atoms in total. The summed E-state index contributed by atoms with van der Waals surface area (Å²) in [6.45, 7) is 0.0606. The van der Waals surface area contributed by atoms with E-state index in [2.05, 4.69) is 6.07 Å². The van der Waals surface area contributed by atoms with Crippen molar-refractivity contribution < 1.29 is 29.0 Å². The lowest BCUT2D eigenvalue weighted by Gasteiger charge is -2.19. The Morgan fingerprint density at radius 2 is 1.40 bits per heavy atom. The van der Waals surface area contributed by atoms with Gasteiger partial charge in [0.15, 0.2) is 6.79 Å². The van der Waals surface area contributed by atoms with Crippen molar-refractivity contribution in [3.8, 4) is 17.2 Å². The molecule has 0 aromatic heterocycles. The molecule has 30 heavy (non-hydrogen) atoms. The summed E-state index contributed by atoms with van der Waals surface area (Å²) in [6, 6.07) is 26.3. The average Bonchev–Trinajstić information content (AvgIpc) is 3.51. The highest BCUT2D eigenvalue weighted by molar-refractivity contribution is 5.71. The molecule has 0 N–H and O–H groups in total. The molecule has 0 radical (unpaired) electrons. The Balaban J connectivity index is 1.53. The van der Waals surface area contributed by atoms with Gasteiger partial charge in [0, 0.05) is 16.7 Å². The first kappa shape index (κ1) is 18.9. The van der Waals surface area contributed by atoms with Crippen LogP contribution in [0.3, 0.4) is 0 Å². The van der Waals surface area contributed by atoms with Crippen LogP contribution in [0.4, 0.5) is 0 Å². The number of nitrogens with zero attached hydrogens (tertiary/aromatic N) is 1. The number of rotatable bonds is 4. The molecule has 2 saturated heterocycles. The Hall–Kier alpha value is -3.09. The molecule has 0 aliphatic carbocycles. The van der Waals surface area contributed by atoms with Gasteiger partial charge in [-0.1, -0.05) is 78.9 Å². The minimum absolute atomic E-state index is 0.0606. The molecule has 0 saturated carbocycles. The molecule has 0 spiro atoms. The average molecular weight is 403 g/mol. The predicted octanol–water partition coefficient (Wildman–Crippen LogP) is 4.64. The minimum atomic E-state index is -1.65. The molecule has 0 bridgehead atoms. The van der Waals surface area contributed by atoms with E-state index in [-0.39, 0.29) is 6.79 Å². The highest BCUT2D eigenvalue weighted by atomic mass is 17.3. The second-order valence-corrected chi connectivity index (χ2v) is 6.73. The quantitative estimate of drug-likeness (QED) is 0.587. The van der Waals surface area contributed by atoms with Crippen LogP contribution in [-0.2, 0) is 34.8 Å². The Morgan fingerprint density at radius 3 is 2.03 bits per heavy atom. The number of benzene rings is 3. The smallest absolute Gasteiger partial charge is 0.316 e. The number of hydrogen-bond acceptors (Lipinski definition) is 7. The second kappa shape index (κ2) is 7.97. The zero-order valence-electron chi connectivity index (χ0n) is 15.8. The van der Waals surface area contributed by atoms with Gasteiger partial charge in [-0.05, 0) is 11.1 Å². The Morgan fingerprint density at radius 1 is 0.767 bits per heavy atom. The van der Waals surface area contributed by atoms with Crippen LogP contribution in [0, 0.1) is 11.3 Å². The maximum atomic E-state index is 9.78. The van der Waals surface area contributed by atoms with E-state index in [1.54, 1.807) is 12.1 Å². The standard InChI is InChI=1S/C23H17NO6/c24-14-23(16-8-2-1-3-9-16)27-22(29-30-23)20-13-7-5-11-18(20)17-10-4-6-12-19(17)21-25-15-26-28-21/h1-13,21-22H,15H2. The second-order valence-electron chi connectivity index (χ2n) is 6.73. The van der Waals surface area contributed by atoms with Crippen LogP contribution >= 0.6 is 0 Å². The molecule has 3 aromatic carbocycles. The van der Waals surface area contributed by atoms with Gasteiger partial charge in [0.25, 0.3) is 0 Å². The van der Waals surface area contributed by atoms with E-state index >= 15 is 0 Å². The van der Waals surface area contributed by atoms with E-state index in [9.17, 15) is 5.26 Å². The van der Waals surface area contributed by atoms with Gasteiger partial charge in [0.2, 0.25) is 12.6 Å². The van der Waals surface area contributed by atoms with E-state index < -0.39 is 18.4 Å². The molecule has 2 aliphatic rings. The highest BCUT2D eigenvalue weighted by Crippen LogP contribution is 2.44. The summed E-state index contributed by atoms with van der Waals surface area (Å²) in [4.78, 5) is 21.0. The van der Waals surface area contributed by atoms with Crippen LogP contribution in [0.15, 0.2) is 78.9 Å². The third kappa shape index (κ3) is 3.28. The normalized spacial score (nSPS) is 25.8. The van der Waals surface area contributed by atoms with Crippen molar-refractivity contribution in [1.29, 1.82) is 5.26 Å². The van der Waals surface area contributed by atoms with Gasteiger partial charge in [-0.3, -0.25) is 4.74 Å². The van der Waals surface area contributed by atoms with E-state index in [0.29, 0.717) is 11.1 Å². The highest BCUT2D eigenvalue weighted by Gasteiger charge is 2.47. The minimum Gasteiger partial charge on any atom is -0.316 e. The summed E-state index contributed by atoms with van der Waals surface area (Å²) in [5.41, 5.74) is 3.76. The Kier molecular flexibility index (Phi) is 5.02. The first-order valence-electron chi connectivity index (χ1n) is 9.38. The predicted molar refractivity (Wildman–Crippen MR) is 102 cm³/mol. The molecule has 2 fully saturated rings. The van der Waals surface area contributed by atoms with Gasteiger partial charge in [0.1, 0.15) is 6.07 Å². The summed E-state index contributed by atoms with van der Waals surface area (Å²) in [5.74, 6) is -1.65. The van der Waals surface area contributed by atoms with Crippen LogP contribution in [0.25, 0.3) is 11.1 Å². The van der Waals surface area contributed by atoms with Crippen LogP contribution in [0.5, 0.6) is 0 Å². The SMILES string of the molecule is N#CC1(c2ccccc2)OOC(c2ccccc2-c2ccccc2C2OCOO2)O1. The summed E-state index contributed by atoms with van der Waals surface area (Å²) >= 11 is 0. The van der Waals surface area contributed by atoms with Crippen molar-refractivity contribution >= 4 is 0 Å². The molecule has 7 heteroatoms. The zero-order chi connectivity index (χ0) is 20.4. The molecule has 3 atom stereocenters. The number of hydrogen-bond donors (Lipinski definition) is 0. The molecular formula is C23H17NO6. The molecular weight excluding hydrogens is 386 g/mol. The summed E-state index contributed by atoms with van der Waals surface area (Å²) < 4.78 is 11.5. The third-order valence-electron chi connectivity index (χ3n) is 4.97. The van der Waals surface area contributed by atoms with E-state index in [4.69, 9.17) is 29.0 Å². The fourth-order valence-corrected chi connectivity index (χ4v) is 3.54. The van der Waals surface area contributed by atoms with Crippen LogP contribution < -0.4 is 0 Å². The molecule has 150 valence electrons. The first-order valence-corrected chi connectivity index (χ1v) is 9.38. The van der Waals surface area contributed by atoms with Crippen LogP contribution in [0.1, 0.15) is 29.3 Å². The van der Waals surface area contributed by atoms with Crippen LogP contribution in [0.2, 0.25) is 0 Å². The van der Waals surface area contributed by atoms with Crippen LogP contribution in [-0.4, -0.2) is 6.79 Å². The number of ether oxygens (including phenoxy) is 2. The first-order chi connectivity index (χ1) is 14.8. The van der Waals surface area contributed by atoms with E-state index in [0.717, 1.165) is 16.7 Å². The number of nitriles is 1. The molecule has 2 aliphatic heterocycles. The Labute approximate surface area is 172 Å². The fraction of sp³-hybridized carbons (Fsp3) is 0.174. The van der Waals surface area contributed by atoms with Gasteiger partial charge in [-0.15, -0.1) is 0 Å². The monoisotopic (exact) mass is 403 g/mol. The lowest BCUT2D eigenvalue weighted by atomic mass is 9.94. The Bertz CT molecular complexity index is 1080. The van der Waals surface area contributed by atoms with Crippen molar-refractivity contribution in [2.45, 2.75) is 18.4 Å².